The Balaban J connectivity index is 1.48. The molecule has 0 N–H and O–H groups in total. The van der Waals surface area contributed by atoms with Crippen LogP contribution in [0.1, 0.15) is 65.2 Å². The van der Waals surface area contributed by atoms with E-state index in [0.717, 1.165) is 17.8 Å². The third-order valence-corrected chi connectivity index (χ3v) is 7.12. The summed E-state index contributed by atoms with van der Waals surface area (Å²) in [5, 5.41) is 8.62. The van der Waals surface area contributed by atoms with Crippen molar-refractivity contribution in [1.29, 1.82) is 0 Å². The van der Waals surface area contributed by atoms with E-state index < -0.39 is 41.5 Å². The summed E-state index contributed by atoms with van der Waals surface area (Å²) in [5.41, 5.74) is -2.34. The number of aromatic nitrogens is 3. The third-order valence-electron chi connectivity index (χ3n) is 7.12. The van der Waals surface area contributed by atoms with Gasteiger partial charge in [0, 0.05) is 31.4 Å². The monoisotopic (exact) mass is 543 g/mol. The second kappa shape index (κ2) is 9.96. The maximum absolute atomic E-state index is 13.7. The van der Waals surface area contributed by atoms with Crippen LogP contribution < -0.4 is 0 Å². The van der Waals surface area contributed by atoms with Crippen LogP contribution in [0.3, 0.4) is 0 Å². The second-order valence-corrected chi connectivity index (χ2v) is 9.66. The van der Waals surface area contributed by atoms with E-state index >= 15 is 0 Å². The molecule has 2 aliphatic heterocycles. The fraction of sp³-hybridized carbons (Fsp3) is 0.462. The summed E-state index contributed by atoms with van der Waals surface area (Å²) in [4.78, 5) is 0. The maximum atomic E-state index is 13.7. The molecule has 3 heterocycles. The van der Waals surface area contributed by atoms with E-state index in [1.54, 1.807) is 12.1 Å². The predicted molar refractivity (Wildman–Crippen MR) is 121 cm³/mol. The highest BCUT2D eigenvalue weighted by atomic mass is 19.4. The zero-order chi connectivity index (χ0) is 27.2. The fourth-order valence-corrected chi connectivity index (χ4v) is 5.10. The number of hydrogen-bond acceptors (Lipinski definition) is 4. The zero-order valence-corrected chi connectivity index (χ0v) is 20.2. The Bertz CT molecular complexity index is 1250. The standard InChI is InChI=1S/C26H24F7N3O2/c1-14(17-8-18(25(28,29)30)10-19(9-17)26(31,32)33)38-22-11-23-34-35-24(16-6-7-37-13-16)36(23)12-21(22)15-2-4-20(27)5-3-15/h2-5,8-10,14,16,21-22H,6-7,11-13H2,1H3/t14-,16?,21-,22+/m1/s1. The smallest absolute Gasteiger partial charge is 0.381 e. The van der Waals surface area contributed by atoms with E-state index in [4.69, 9.17) is 9.47 Å². The molecule has 0 aliphatic carbocycles. The molecule has 12 heteroatoms. The van der Waals surface area contributed by atoms with Crippen molar-refractivity contribution in [3.05, 3.63) is 82.2 Å². The van der Waals surface area contributed by atoms with E-state index in [1.165, 1.54) is 19.1 Å². The number of hydrogen-bond donors (Lipinski definition) is 0. The molecule has 204 valence electrons. The summed E-state index contributed by atoms with van der Waals surface area (Å²) in [6.45, 7) is 2.88. The summed E-state index contributed by atoms with van der Waals surface area (Å²) < 4.78 is 108. The molecular weight excluding hydrogens is 519 g/mol. The van der Waals surface area contributed by atoms with Crippen LogP contribution in [0.2, 0.25) is 0 Å². The molecule has 5 nitrogen and oxygen atoms in total. The van der Waals surface area contributed by atoms with Gasteiger partial charge in [0.1, 0.15) is 17.5 Å². The molecule has 38 heavy (non-hydrogen) atoms. The van der Waals surface area contributed by atoms with Crippen LogP contribution in [0.4, 0.5) is 30.7 Å². The largest absolute Gasteiger partial charge is 0.416 e. The highest BCUT2D eigenvalue weighted by Gasteiger charge is 2.39. The average Bonchev–Trinajstić information content (AvgIpc) is 3.52. The fourth-order valence-electron chi connectivity index (χ4n) is 5.10. The molecule has 0 bridgehead atoms. The van der Waals surface area contributed by atoms with Gasteiger partial charge in [-0.15, -0.1) is 10.2 Å². The quantitative estimate of drug-likeness (QED) is 0.348. The molecule has 2 aromatic carbocycles. The third kappa shape index (κ3) is 5.42. The van der Waals surface area contributed by atoms with Gasteiger partial charge in [-0.1, -0.05) is 12.1 Å². The predicted octanol–water partition coefficient (Wildman–Crippen LogP) is 6.45. The minimum absolute atomic E-state index is 0.0624. The average molecular weight is 543 g/mol. The summed E-state index contributed by atoms with van der Waals surface area (Å²) in [6, 6.07) is 7.24. The summed E-state index contributed by atoms with van der Waals surface area (Å²) in [7, 11) is 0. The maximum Gasteiger partial charge on any atom is 0.416 e. The molecular formula is C26H24F7N3O2. The van der Waals surface area contributed by atoms with Crippen molar-refractivity contribution in [2.75, 3.05) is 13.2 Å². The van der Waals surface area contributed by atoms with Gasteiger partial charge in [0.2, 0.25) is 0 Å². The van der Waals surface area contributed by atoms with Crippen molar-refractivity contribution in [2.24, 2.45) is 0 Å². The number of alkyl halides is 6. The van der Waals surface area contributed by atoms with Gasteiger partial charge in [0.05, 0.1) is 29.9 Å². The lowest BCUT2D eigenvalue weighted by atomic mass is 9.88. The second-order valence-electron chi connectivity index (χ2n) is 9.66. The molecule has 1 fully saturated rings. The van der Waals surface area contributed by atoms with Crippen molar-refractivity contribution >= 4 is 0 Å². The van der Waals surface area contributed by atoms with Gasteiger partial charge in [0.15, 0.2) is 0 Å². The van der Waals surface area contributed by atoms with Crippen LogP contribution in [-0.4, -0.2) is 34.1 Å². The molecule has 0 saturated carbocycles. The number of ether oxygens (including phenoxy) is 2. The highest BCUT2D eigenvalue weighted by Crippen LogP contribution is 2.40. The molecule has 5 rings (SSSR count). The molecule has 0 radical (unpaired) electrons. The van der Waals surface area contributed by atoms with Crippen molar-refractivity contribution < 1.29 is 40.2 Å². The first-order chi connectivity index (χ1) is 17.9. The van der Waals surface area contributed by atoms with Crippen LogP contribution in [0.5, 0.6) is 0 Å². The molecule has 1 unspecified atom stereocenters. The molecule has 0 spiro atoms. The lowest BCUT2D eigenvalue weighted by Crippen LogP contribution is -2.36. The Kier molecular flexibility index (Phi) is 6.97. The normalized spacial score (nSPS) is 22.9. The Labute approximate surface area is 213 Å². The summed E-state index contributed by atoms with van der Waals surface area (Å²) in [6.07, 6.45) is -10.7. The Morgan fingerprint density at radius 3 is 2.21 bits per heavy atom. The molecule has 0 amide bonds. The van der Waals surface area contributed by atoms with Crippen molar-refractivity contribution in [3.63, 3.8) is 0 Å². The number of nitrogens with zero attached hydrogens (tertiary/aromatic N) is 3. The first kappa shape index (κ1) is 26.6. The van der Waals surface area contributed by atoms with Crippen LogP contribution in [0.25, 0.3) is 0 Å². The van der Waals surface area contributed by atoms with Crippen LogP contribution in [0, 0.1) is 5.82 Å². The van der Waals surface area contributed by atoms with E-state index in [0.29, 0.717) is 37.7 Å². The minimum Gasteiger partial charge on any atom is -0.381 e. The number of rotatable bonds is 5. The number of benzene rings is 2. The van der Waals surface area contributed by atoms with Crippen molar-refractivity contribution in [1.82, 2.24) is 14.8 Å². The van der Waals surface area contributed by atoms with Gasteiger partial charge < -0.3 is 14.0 Å². The van der Waals surface area contributed by atoms with Gasteiger partial charge in [-0.2, -0.15) is 26.3 Å². The van der Waals surface area contributed by atoms with Crippen LogP contribution in [-0.2, 0) is 34.8 Å². The first-order valence-corrected chi connectivity index (χ1v) is 12.1. The van der Waals surface area contributed by atoms with Crippen LogP contribution >= 0.6 is 0 Å². The highest BCUT2D eigenvalue weighted by molar-refractivity contribution is 5.35. The molecule has 1 saturated heterocycles. The number of fused-ring (bicyclic) bond motifs is 1. The lowest BCUT2D eigenvalue weighted by molar-refractivity contribution is -0.143. The Hall–Kier alpha value is -2.99. The summed E-state index contributed by atoms with van der Waals surface area (Å²) >= 11 is 0. The summed E-state index contributed by atoms with van der Waals surface area (Å²) in [5.74, 6) is 0.599. The van der Waals surface area contributed by atoms with E-state index in [2.05, 4.69) is 10.2 Å². The van der Waals surface area contributed by atoms with Crippen LogP contribution in [0.15, 0.2) is 42.5 Å². The lowest BCUT2D eigenvalue weighted by Gasteiger charge is -2.35. The van der Waals surface area contributed by atoms with E-state index in [9.17, 15) is 30.7 Å². The Morgan fingerprint density at radius 1 is 0.974 bits per heavy atom. The molecule has 1 aromatic heterocycles. The number of halogens is 7. The molecule has 2 aliphatic rings. The zero-order valence-electron chi connectivity index (χ0n) is 20.2. The van der Waals surface area contributed by atoms with Gasteiger partial charge in [-0.3, -0.25) is 0 Å². The SMILES string of the molecule is C[C@@H](O[C@H]1Cc2nnc(C3CCOC3)n2C[C@@H]1c1ccc(F)cc1)c1cc(C(F)(F)F)cc(C(F)(F)F)c1. The Morgan fingerprint density at radius 2 is 1.63 bits per heavy atom. The van der Waals surface area contributed by atoms with Crippen molar-refractivity contribution in [3.8, 4) is 0 Å². The van der Waals surface area contributed by atoms with E-state index in [1.807, 2.05) is 4.57 Å². The topological polar surface area (TPSA) is 49.2 Å². The van der Waals surface area contributed by atoms with Gasteiger partial charge in [-0.05, 0) is 54.8 Å². The van der Waals surface area contributed by atoms with Gasteiger partial charge in [-0.25, -0.2) is 4.39 Å². The van der Waals surface area contributed by atoms with Gasteiger partial charge in [0.25, 0.3) is 0 Å². The van der Waals surface area contributed by atoms with Gasteiger partial charge >= 0.3 is 12.4 Å². The minimum atomic E-state index is -4.96. The van der Waals surface area contributed by atoms with Crippen molar-refractivity contribution in [2.45, 2.75) is 62.7 Å². The first-order valence-electron chi connectivity index (χ1n) is 12.1. The van der Waals surface area contributed by atoms with E-state index in [-0.39, 0.29) is 29.9 Å². The molecule has 3 aromatic rings. The molecule has 4 atom stereocenters.